The fourth-order valence-corrected chi connectivity index (χ4v) is 5.46. The Morgan fingerprint density at radius 2 is 1.62 bits per heavy atom. The van der Waals surface area contributed by atoms with Crippen molar-refractivity contribution in [1.82, 2.24) is 18.9 Å². The number of amides is 2. The number of nitrogens with zero attached hydrogens (tertiary/aromatic N) is 4. The maximum absolute atomic E-state index is 13.3. The van der Waals surface area contributed by atoms with Gasteiger partial charge in [-0.2, -0.15) is 0 Å². The van der Waals surface area contributed by atoms with E-state index < -0.39 is 11.5 Å². The van der Waals surface area contributed by atoms with Gasteiger partial charge in [-0.25, -0.2) is 9.67 Å². The highest BCUT2D eigenvalue weighted by Crippen LogP contribution is 2.28. The molecule has 0 spiro atoms. The van der Waals surface area contributed by atoms with Crippen LogP contribution < -0.4 is 21.8 Å². The maximum Gasteiger partial charge on any atom is 0.295 e. The Morgan fingerprint density at radius 1 is 0.923 bits per heavy atom. The number of anilines is 2. The predicted molar refractivity (Wildman–Crippen MR) is 152 cm³/mol. The number of rotatable bonds is 6. The van der Waals surface area contributed by atoms with Crippen LogP contribution in [0.3, 0.4) is 0 Å². The van der Waals surface area contributed by atoms with Crippen LogP contribution in [0.1, 0.15) is 26.5 Å². The SMILES string of the molecule is Cc1ccccc1NC(=O)c1sc2ncn(CC(=O)Nc3c(C)n(C)n(-c4ccccc4)c3=O)c(=O)c2c1C. The Morgan fingerprint density at radius 3 is 2.33 bits per heavy atom. The van der Waals surface area contributed by atoms with Crippen molar-refractivity contribution in [2.45, 2.75) is 27.3 Å². The second-order valence-electron chi connectivity index (χ2n) is 9.17. The van der Waals surface area contributed by atoms with Crippen LogP contribution in [-0.2, 0) is 18.4 Å². The first-order valence-electron chi connectivity index (χ1n) is 12.2. The molecule has 0 aliphatic rings. The average Bonchev–Trinajstić information content (AvgIpc) is 3.36. The normalized spacial score (nSPS) is 11.1. The van der Waals surface area contributed by atoms with Gasteiger partial charge < -0.3 is 10.6 Å². The van der Waals surface area contributed by atoms with Gasteiger partial charge in [-0.05, 0) is 50.1 Å². The van der Waals surface area contributed by atoms with Gasteiger partial charge in [0, 0.05) is 12.7 Å². The van der Waals surface area contributed by atoms with Crippen LogP contribution in [-0.4, -0.2) is 30.7 Å². The molecule has 198 valence electrons. The molecule has 11 heteroatoms. The molecule has 0 saturated heterocycles. The fraction of sp³-hybridized carbons (Fsp3) is 0.179. The van der Waals surface area contributed by atoms with Gasteiger partial charge >= 0.3 is 0 Å². The lowest BCUT2D eigenvalue weighted by atomic mass is 10.2. The van der Waals surface area contributed by atoms with Gasteiger partial charge in [0.25, 0.3) is 17.0 Å². The highest BCUT2D eigenvalue weighted by molar-refractivity contribution is 7.20. The van der Waals surface area contributed by atoms with Crippen LogP contribution in [0.4, 0.5) is 11.4 Å². The van der Waals surface area contributed by atoms with Gasteiger partial charge in [-0.15, -0.1) is 11.3 Å². The number of thiophene rings is 1. The van der Waals surface area contributed by atoms with Gasteiger partial charge in [0.05, 0.1) is 28.0 Å². The summed E-state index contributed by atoms with van der Waals surface area (Å²) in [6.07, 6.45) is 1.28. The molecule has 0 radical (unpaired) electrons. The number of benzene rings is 2. The molecule has 0 saturated carbocycles. The van der Waals surface area contributed by atoms with Crippen molar-refractivity contribution in [2.75, 3.05) is 10.6 Å². The van der Waals surface area contributed by atoms with Crippen LogP contribution >= 0.6 is 11.3 Å². The lowest BCUT2D eigenvalue weighted by molar-refractivity contribution is -0.116. The van der Waals surface area contributed by atoms with Crippen molar-refractivity contribution in [3.63, 3.8) is 0 Å². The van der Waals surface area contributed by atoms with E-state index in [9.17, 15) is 19.2 Å². The Hall–Kier alpha value is -4.77. The molecule has 2 N–H and O–H groups in total. The molecule has 0 aliphatic carbocycles. The standard InChI is InChI=1S/C28H26N6O4S/c1-16-10-8-9-13-20(16)30-25(36)24-17(2)22-26(39-24)29-15-33(27(22)37)14-21(35)31-23-18(3)32(4)34(28(23)38)19-11-6-5-7-12-19/h5-13,15H,14H2,1-4H3,(H,30,36)(H,31,35). The summed E-state index contributed by atoms with van der Waals surface area (Å²) in [6, 6.07) is 16.5. The fourth-order valence-electron chi connectivity index (χ4n) is 4.43. The molecular weight excluding hydrogens is 516 g/mol. The zero-order chi connectivity index (χ0) is 27.8. The van der Waals surface area contributed by atoms with E-state index in [1.54, 1.807) is 37.7 Å². The third-order valence-corrected chi connectivity index (χ3v) is 7.85. The second kappa shape index (κ2) is 10.2. The molecule has 2 aromatic carbocycles. The second-order valence-corrected chi connectivity index (χ2v) is 10.2. The average molecular weight is 543 g/mol. The van der Waals surface area contributed by atoms with E-state index in [0.29, 0.717) is 32.3 Å². The molecule has 2 amide bonds. The summed E-state index contributed by atoms with van der Waals surface area (Å²) in [5, 5.41) is 5.83. The van der Waals surface area contributed by atoms with E-state index in [2.05, 4.69) is 15.6 Å². The summed E-state index contributed by atoms with van der Waals surface area (Å²) in [4.78, 5) is 57.5. The van der Waals surface area contributed by atoms with Crippen molar-refractivity contribution in [3.8, 4) is 5.69 Å². The Balaban J connectivity index is 1.40. The number of nitrogens with one attached hydrogen (secondary N) is 2. The Labute approximate surface area is 227 Å². The number of aryl methyl sites for hydroxylation is 2. The van der Waals surface area contributed by atoms with Crippen molar-refractivity contribution in [3.05, 3.63) is 103 Å². The summed E-state index contributed by atoms with van der Waals surface area (Å²) in [5.74, 6) is -0.877. The van der Waals surface area contributed by atoms with Gasteiger partial charge in [0.2, 0.25) is 5.91 Å². The third kappa shape index (κ3) is 4.68. The maximum atomic E-state index is 13.3. The van der Waals surface area contributed by atoms with E-state index in [0.717, 1.165) is 16.9 Å². The molecule has 0 unspecified atom stereocenters. The first-order chi connectivity index (χ1) is 18.7. The van der Waals surface area contributed by atoms with Crippen molar-refractivity contribution in [1.29, 1.82) is 0 Å². The lowest BCUT2D eigenvalue weighted by Crippen LogP contribution is -2.29. The number of carbonyl (C=O) groups is 2. The molecule has 0 bridgehead atoms. The molecule has 10 nitrogen and oxygen atoms in total. The number of carbonyl (C=O) groups excluding carboxylic acids is 2. The molecule has 3 aromatic heterocycles. The number of fused-ring (bicyclic) bond motifs is 1. The molecule has 0 fully saturated rings. The number of aromatic nitrogens is 4. The summed E-state index contributed by atoms with van der Waals surface area (Å²) in [6.45, 7) is 4.97. The molecule has 3 heterocycles. The van der Waals surface area contributed by atoms with Crippen LogP contribution in [0.2, 0.25) is 0 Å². The molecule has 5 aromatic rings. The van der Waals surface area contributed by atoms with Gasteiger partial charge in [-0.1, -0.05) is 36.4 Å². The topological polar surface area (TPSA) is 120 Å². The van der Waals surface area contributed by atoms with Crippen LogP contribution in [0.15, 0.2) is 70.5 Å². The highest BCUT2D eigenvalue weighted by Gasteiger charge is 2.22. The van der Waals surface area contributed by atoms with E-state index in [-0.39, 0.29) is 29.1 Å². The largest absolute Gasteiger partial charge is 0.321 e. The minimum atomic E-state index is -0.547. The zero-order valence-electron chi connectivity index (χ0n) is 21.8. The smallest absolute Gasteiger partial charge is 0.295 e. The highest BCUT2D eigenvalue weighted by atomic mass is 32.1. The summed E-state index contributed by atoms with van der Waals surface area (Å²) in [7, 11) is 1.73. The lowest BCUT2D eigenvalue weighted by Gasteiger charge is -2.07. The van der Waals surface area contributed by atoms with Gasteiger partial charge in [0.1, 0.15) is 17.1 Å². The van der Waals surface area contributed by atoms with E-state index >= 15 is 0 Å². The first-order valence-corrected chi connectivity index (χ1v) is 13.0. The molecular formula is C28H26N6O4S. The van der Waals surface area contributed by atoms with E-state index in [1.165, 1.54) is 15.6 Å². The van der Waals surface area contributed by atoms with Crippen LogP contribution in [0.5, 0.6) is 0 Å². The minimum Gasteiger partial charge on any atom is -0.321 e. The summed E-state index contributed by atoms with van der Waals surface area (Å²) < 4.78 is 4.29. The summed E-state index contributed by atoms with van der Waals surface area (Å²) in [5.41, 5.74) is 2.64. The van der Waals surface area contributed by atoms with Crippen LogP contribution in [0.25, 0.3) is 15.9 Å². The zero-order valence-corrected chi connectivity index (χ0v) is 22.6. The van der Waals surface area contributed by atoms with E-state index in [1.807, 2.05) is 49.4 Å². The minimum absolute atomic E-state index is 0.135. The number of hydrogen-bond acceptors (Lipinski definition) is 6. The first kappa shape index (κ1) is 25.9. The quantitative estimate of drug-likeness (QED) is 0.339. The molecule has 5 rings (SSSR count). The number of para-hydroxylation sites is 2. The van der Waals surface area contributed by atoms with Gasteiger partial charge in [0.15, 0.2) is 0 Å². The van der Waals surface area contributed by atoms with Crippen molar-refractivity contribution < 1.29 is 9.59 Å². The third-order valence-electron chi connectivity index (χ3n) is 6.65. The number of hydrogen-bond donors (Lipinski definition) is 2. The van der Waals surface area contributed by atoms with Crippen molar-refractivity contribution in [2.24, 2.45) is 7.05 Å². The molecule has 0 atom stereocenters. The van der Waals surface area contributed by atoms with Crippen LogP contribution in [0, 0.1) is 20.8 Å². The predicted octanol–water partition coefficient (Wildman–Crippen LogP) is 3.76. The van der Waals surface area contributed by atoms with Gasteiger partial charge in [-0.3, -0.25) is 28.4 Å². The summed E-state index contributed by atoms with van der Waals surface area (Å²) >= 11 is 1.12. The van der Waals surface area contributed by atoms with E-state index in [4.69, 9.17) is 0 Å². The molecule has 39 heavy (non-hydrogen) atoms. The Kier molecular flexibility index (Phi) is 6.75. The Bertz CT molecular complexity index is 1860. The molecule has 0 aliphatic heterocycles. The van der Waals surface area contributed by atoms with Crippen molar-refractivity contribution >= 4 is 44.7 Å². The monoisotopic (exact) mass is 542 g/mol.